The van der Waals surface area contributed by atoms with Gasteiger partial charge in [0.05, 0.1) is 0 Å². The average Bonchev–Trinajstić information content (AvgIpc) is 3.04. The van der Waals surface area contributed by atoms with Crippen LogP contribution in [0, 0.1) is 0 Å². The maximum atomic E-state index is 6.67. The summed E-state index contributed by atoms with van der Waals surface area (Å²) in [6.07, 6.45) is 0.965. The van der Waals surface area contributed by atoms with Gasteiger partial charge in [-0.15, -0.1) is 0 Å². The van der Waals surface area contributed by atoms with E-state index in [1.54, 1.807) is 0 Å². The van der Waals surface area contributed by atoms with Crippen LogP contribution < -0.4 is 15.5 Å². The van der Waals surface area contributed by atoms with E-state index >= 15 is 0 Å². The lowest BCUT2D eigenvalue weighted by Gasteiger charge is -2.22. The van der Waals surface area contributed by atoms with Gasteiger partial charge in [0.15, 0.2) is 0 Å². The number of nitrogens with two attached hydrogens (primary N) is 1. The lowest BCUT2D eigenvalue weighted by Crippen LogP contribution is -2.18. The zero-order valence-corrected chi connectivity index (χ0v) is 18.0. The number of hydrogen-bond acceptors (Lipinski definition) is 3. The van der Waals surface area contributed by atoms with Crippen molar-refractivity contribution in [2.24, 2.45) is 5.73 Å². The van der Waals surface area contributed by atoms with E-state index in [-0.39, 0.29) is 12.0 Å². The van der Waals surface area contributed by atoms with Gasteiger partial charge in [-0.05, 0) is 65.1 Å². The highest BCUT2D eigenvalue weighted by atomic mass is 35.5. The number of halogens is 1. The molecule has 0 saturated heterocycles. The molecule has 0 spiro atoms. The van der Waals surface area contributed by atoms with Gasteiger partial charge in [-0.1, -0.05) is 41.9 Å². The van der Waals surface area contributed by atoms with Gasteiger partial charge in [-0.25, -0.2) is 0 Å². The fourth-order valence-electron chi connectivity index (χ4n) is 4.22. The summed E-state index contributed by atoms with van der Waals surface area (Å²) in [5.41, 5.74) is 14.2. The molecule has 3 aromatic carbocycles. The third-order valence-electron chi connectivity index (χ3n) is 5.95. The summed E-state index contributed by atoms with van der Waals surface area (Å²) in [6.45, 7) is 0.861. The molecule has 0 amide bonds. The Labute approximate surface area is 178 Å². The Morgan fingerprint density at radius 1 is 0.931 bits per heavy atom. The quantitative estimate of drug-likeness (QED) is 0.618. The largest absolute Gasteiger partial charge is 0.378 e. The van der Waals surface area contributed by atoms with Crippen LogP contribution >= 0.6 is 11.6 Å². The van der Waals surface area contributed by atoms with Crippen LogP contribution in [0.15, 0.2) is 66.7 Å². The van der Waals surface area contributed by atoms with Crippen LogP contribution in [0.2, 0.25) is 5.02 Å². The van der Waals surface area contributed by atoms with Crippen LogP contribution in [-0.4, -0.2) is 21.1 Å². The molecule has 2 unspecified atom stereocenters. The molecule has 0 bridgehead atoms. The first kappa shape index (κ1) is 19.8. The van der Waals surface area contributed by atoms with E-state index in [2.05, 4.69) is 79.5 Å². The summed E-state index contributed by atoms with van der Waals surface area (Å²) in [6, 6.07) is 23.5. The number of nitrogens with zero attached hydrogens (tertiary/aromatic N) is 2. The minimum atomic E-state index is -0.00353. The molecule has 150 valence electrons. The Kier molecular flexibility index (Phi) is 5.53. The first-order valence-electron chi connectivity index (χ1n) is 10.0. The molecule has 0 heterocycles. The maximum absolute atomic E-state index is 6.67. The SMILES string of the molecule is CN(C)c1ccc(CN(C)c2ccc3c(c2)C(N)C(c2cccc(Cl)c2)C3)cc1. The number of anilines is 2. The third-order valence-corrected chi connectivity index (χ3v) is 6.19. The molecule has 0 radical (unpaired) electrons. The van der Waals surface area contributed by atoms with Gasteiger partial charge < -0.3 is 15.5 Å². The van der Waals surface area contributed by atoms with Crippen LogP contribution in [0.5, 0.6) is 0 Å². The summed E-state index contributed by atoms with van der Waals surface area (Å²) in [7, 11) is 6.26. The first-order chi connectivity index (χ1) is 13.9. The Balaban J connectivity index is 1.52. The summed E-state index contributed by atoms with van der Waals surface area (Å²) in [5.74, 6) is 0.280. The highest BCUT2D eigenvalue weighted by molar-refractivity contribution is 6.30. The standard InChI is InChI=1S/C25H28ClN3/c1-28(2)21-10-7-17(8-11-21)16-29(3)22-12-9-19-14-23(25(27)24(19)15-22)18-5-4-6-20(26)13-18/h4-13,15,23,25H,14,16,27H2,1-3H3. The van der Waals surface area contributed by atoms with Crippen molar-refractivity contribution in [3.8, 4) is 0 Å². The second-order valence-corrected chi connectivity index (χ2v) is 8.63. The lowest BCUT2D eigenvalue weighted by molar-refractivity contribution is 0.602. The maximum Gasteiger partial charge on any atom is 0.0426 e. The van der Waals surface area contributed by atoms with Crippen LogP contribution in [0.3, 0.4) is 0 Å². The molecule has 4 rings (SSSR count). The van der Waals surface area contributed by atoms with E-state index in [0.29, 0.717) is 0 Å². The van der Waals surface area contributed by atoms with Crippen molar-refractivity contribution in [1.82, 2.24) is 0 Å². The predicted octanol–water partition coefficient (Wildman–Crippen LogP) is 5.38. The highest BCUT2D eigenvalue weighted by Crippen LogP contribution is 2.42. The number of fused-ring (bicyclic) bond motifs is 1. The number of hydrogen-bond donors (Lipinski definition) is 1. The number of rotatable bonds is 5. The lowest BCUT2D eigenvalue weighted by atomic mass is 9.93. The van der Waals surface area contributed by atoms with E-state index in [0.717, 1.165) is 18.0 Å². The second kappa shape index (κ2) is 8.10. The van der Waals surface area contributed by atoms with E-state index in [4.69, 9.17) is 17.3 Å². The molecule has 0 aliphatic heterocycles. The number of benzene rings is 3. The Morgan fingerprint density at radius 2 is 1.66 bits per heavy atom. The molecule has 3 nitrogen and oxygen atoms in total. The fraction of sp³-hybridized carbons (Fsp3) is 0.280. The van der Waals surface area contributed by atoms with Gasteiger partial charge in [0.2, 0.25) is 0 Å². The van der Waals surface area contributed by atoms with Crippen LogP contribution in [0.25, 0.3) is 0 Å². The first-order valence-corrected chi connectivity index (χ1v) is 10.4. The van der Waals surface area contributed by atoms with Crippen molar-refractivity contribution in [3.05, 3.63) is 94.0 Å². The van der Waals surface area contributed by atoms with Gasteiger partial charge in [-0.3, -0.25) is 0 Å². The topological polar surface area (TPSA) is 32.5 Å². The highest BCUT2D eigenvalue weighted by Gasteiger charge is 2.31. The van der Waals surface area contributed by atoms with E-state index in [1.165, 1.54) is 33.6 Å². The Bertz CT molecular complexity index is 997. The molecule has 4 heteroatoms. The summed E-state index contributed by atoms with van der Waals surface area (Å²) in [4.78, 5) is 4.40. The third kappa shape index (κ3) is 4.12. The molecule has 29 heavy (non-hydrogen) atoms. The van der Waals surface area contributed by atoms with Gasteiger partial charge in [-0.2, -0.15) is 0 Å². The van der Waals surface area contributed by atoms with Gasteiger partial charge in [0, 0.05) is 56.0 Å². The van der Waals surface area contributed by atoms with Gasteiger partial charge in [0.1, 0.15) is 0 Å². The Morgan fingerprint density at radius 3 is 2.34 bits per heavy atom. The van der Waals surface area contributed by atoms with Crippen LogP contribution in [0.1, 0.15) is 34.2 Å². The summed E-state index contributed by atoms with van der Waals surface area (Å²) >= 11 is 6.20. The summed E-state index contributed by atoms with van der Waals surface area (Å²) < 4.78 is 0. The van der Waals surface area contributed by atoms with E-state index in [1.807, 2.05) is 18.2 Å². The average molecular weight is 406 g/mol. The fourth-order valence-corrected chi connectivity index (χ4v) is 4.42. The molecular weight excluding hydrogens is 378 g/mol. The van der Waals surface area contributed by atoms with Crippen molar-refractivity contribution < 1.29 is 0 Å². The monoisotopic (exact) mass is 405 g/mol. The molecule has 0 aromatic heterocycles. The zero-order valence-electron chi connectivity index (χ0n) is 17.3. The molecule has 1 aliphatic carbocycles. The molecule has 3 aromatic rings. The van der Waals surface area contributed by atoms with Crippen molar-refractivity contribution in [2.75, 3.05) is 30.9 Å². The Hall–Kier alpha value is -2.49. The summed E-state index contributed by atoms with van der Waals surface area (Å²) in [5, 5.41) is 0.770. The minimum Gasteiger partial charge on any atom is -0.378 e. The second-order valence-electron chi connectivity index (χ2n) is 8.19. The van der Waals surface area contributed by atoms with Crippen molar-refractivity contribution in [2.45, 2.75) is 24.9 Å². The normalized spacial score (nSPS) is 17.8. The van der Waals surface area contributed by atoms with Crippen LogP contribution in [0.4, 0.5) is 11.4 Å². The molecule has 2 N–H and O–H groups in total. The minimum absolute atomic E-state index is 0.00353. The van der Waals surface area contributed by atoms with E-state index < -0.39 is 0 Å². The van der Waals surface area contributed by atoms with E-state index in [9.17, 15) is 0 Å². The molecule has 0 fully saturated rings. The van der Waals surface area contributed by atoms with Gasteiger partial charge >= 0.3 is 0 Å². The zero-order chi connectivity index (χ0) is 20.5. The smallest absolute Gasteiger partial charge is 0.0426 e. The molecular formula is C25H28ClN3. The van der Waals surface area contributed by atoms with Gasteiger partial charge in [0.25, 0.3) is 0 Å². The van der Waals surface area contributed by atoms with Crippen molar-refractivity contribution >= 4 is 23.0 Å². The predicted molar refractivity (Wildman–Crippen MR) is 124 cm³/mol. The molecule has 1 aliphatic rings. The molecule has 2 atom stereocenters. The molecule has 0 saturated carbocycles. The van der Waals surface area contributed by atoms with Crippen LogP contribution in [-0.2, 0) is 13.0 Å². The van der Waals surface area contributed by atoms with Crippen molar-refractivity contribution in [3.63, 3.8) is 0 Å². The van der Waals surface area contributed by atoms with Crippen molar-refractivity contribution in [1.29, 1.82) is 0 Å².